The summed E-state index contributed by atoms with van der Waals surface area (Å²) in [4.78, 5) is 13.9. The number of ether oxygens (including phenoxy) is 1. The molecule has 1 fully saturated rings. The van der Waals surface area contributed by atoms with Crippen molar-refractivity contribution in [3.8, 4) is 0 Å². The van der Waals surface area contributed by atoms with E-state index >= 15 is 0 Å². The van der Waals surface area contributed by atoms with E-state index in [-0.39, 0.29) is 18.0 Å². The van der Waals surface area contributed by atoms with Crippen LogP contribution in [0.5, 0.6) is 0 Å². The molecule has 1 aliphatic heterocycles. The predicted molar refractivity (Wildman–Crippen MR) is 95.6 cm³/mol. The number of alkyl halides is 1. The Labute approximate surface area is 151 Å². The van der Waals surface area contributed by atoms with E-state index in [1.165, 1.54) is 4.31 Å². The van der Waals surface area contributed by atoms with Gasteiger partial charge in [-0.1, -0.05) is 28.1 Å². The molecule has 1 aromatic rings. The molecule has 1 saturated heterocycles. The minimum absolute atomic E-state index is 0.264. The van der Waals surface area contributed by atoms with Gasteiger partial charge in [0.2, 0.25) is 10.0 Å². The van der Waals surface area contributed by atoms with Crippen molar-refractivity contribution in [3.05, 3.63) is 29.8 Å². The zero-order valence-corrected chi connectivity index (χ0v) is 16.6. The molecule has 0 unspecified atom stereocenters. The first-order chi connectivity index (χ1) is 11.1. The number of benzene rings is 1. The third kappa shape index (κ3) is 4.70. The van der Waals surface area contributed by atoms with Crippen molar-refractivity contribution < 1.29 is 17.9 Å². The number of carbonyl (C=O) groups is 1. The first-order valence-corrected chi connectivity index (χ1v) is 10.3. The summed E-state index contributed by atoms with van der Waals surface area (Å²) in [7, 11) is -3.55. The van der Waals surface area contributed by atoms with Crippen LogP contribution in [0.1, 0.15) is 26.3 Å². The minimum Gasteiger partial charge on any atom is -0.444 e. The second-order valence-electron chi connectivity index (χ2n) is 6.65. The number of carbonyl (C=O) groups excluding carboxylic acids is 1. The van der Waals surface area contributed by atoms with Gasteiger partial charge in [-0.25, -0.2) is 13.2 Å². The number of sulfonamides is 1. The van der Waals surface area contributed by atoms with Crippen molar-refractivity contribution in [2.45, 2.75) is 36.6 Å². The lowest BCUT2D eigenvalue weighted by molar-refractivity contribution is 0.0192. The maximum absolute atomic E-state index is 12.7. The lowest BCUT2D eigenvalue weighted by Crippen LogP contribution is -2.51. The summed E-state index contributed by atoms with van der Waals surface area (Å²) in [5.41, 5.74) is 0.347. The highest BCUT2D eigenvalue weighted by Crippen LogP contribution is 2.20. The second-order valence-corrected chi connectivity index (χ2v) is 9.15. The molecule has 0 aromatic heterocycles. The molecule has 8 heteroatoms. The van der Waals surface area contributed by atoms with Crippen molar-refractivity contribution in [2.75, 3.05) is 26.2 Å². The monoisotopic (exact) mass is 418 g/mol. The quantitative estimate of drug-likeness (QED) is 0.707. The van der Waals surface area contributed by atoms with E-state index in [4.69, 9.17) is 4.74 Å². The van der Waals surface area contributed by atoms with Gasteiger partial charge >= 0.3 is 6.09 Å². The zero-order chi connectivity index (χ0) is 18.0. The molecule has 134 valence electrons. The van der Waals surface area contributed by atoms with Crippen LogP contribution in [0.3, 0.4) is 0 Å². The summed E-state index contributed by atoms with van der Waals surface area (Å²) < 4.78 is 32.2. The molecule has 6 nitrogen and oxygen atoms in total. The molecule has 0 atom stereocenters. The Balaban J connectivity index is 2.04. The van der Waals surface area contributed by atoms with Crippen LogP contribution in [0.15, 0.2) is 29.2 Å². The summed E-state index contributed by atoms with van der Waals surface area (Å²) in [6.45, 7) is 6.60. The molecule has 0 N–H and O–H groups in total. The molecular formula is C16H23BrN2O4S. The van der Waals surface area contributed by atoms with Crippen LogP contribution in [-0.2, 0) is 20.1 Å². The average molecular weight is 419 g/mol. The van der Waals surface area contributed by atoms with Crippen molar-refractivity contribution in [1.82, 2.24) is 9.21 Å². The Morgan fingerprint density at radius 2 is 1.83 bits per heavy atom. The fourth-order valence-corrected chi connectivity index (χ4v) is 4.22. The third-order valence-corrected chi connectivity index (χ3v) is 6.12. The molecule has 0 spiro atoms. The van der Waals surface area contributed by atoms with Gasteiger partial charge < -0.3 is 9.64 Å². The number of hydrogen-bond acceptors (Lipinski definition) is 4. The fraction of sp³-hybridized carbons (Fsp3) is 0.562. The summed E-state index contributed by atoms with van der Waals surface area (Å²) >= 11 is 3.34. The van der Waals surface area contributed by atoms with Crippen LogP contribution in [0.25, 0.3) is 0 Å². The molecule has 0 bridgehead atoms. The van der Waals surface area contributed by atoms with Crippen molar-refractivity contribution >= 4 is 32.0 Å². The van der Waals surface area contributed by atoms with Crippen LogP contribution < -0.4 is 0 Å². The van der Waals surface area contributed by atoms with Gasteiger partial charge in [0, 0.05) is 31.5 Å². The predicted octanol–water partition coefficient (Wildman–Crippen LogP) is 2.82. The number of amides is 1. The first-order valence-electron chi connectivity index (χ1n) is 7.76. The molecule has 0 aliphatic carbocycles. The van der Waals surface area contributed by atoms with Gasteiger partial charge in [-0.15, -0.1) is 0 Å². The Hall–Kier alpha value is -1.12. The largest absolute Gasteiger partial charge is 0.444 e. The highest BCUT2D eigenvalue weighted by atomic mass is 79.9. The van der Waals surface area contributed by atoms with Crippen molar-refractivity contribution in [2.24, 2.45) is 0 Å². The second kappa shape index (κ2) is 7.41. The fourth-order valence-electron chi connectivity index (χ4n) is 2.38. The Morgan fingerprint density at radius 3 is 2.38 bits per heavy atom. The van der Waals surface area contributed by atoms with Gasteiger partial charge in [0.25, 0.3) is 0 Å². The summed E-state index contributed by atoms with van der Waals surface area (Å²) in [5.74, 6) is 0. The van der Waals surface area contributed by atoms with Gasteiger partial charge in [-0.05, 0) is 38.5 Å². The van der Waals surface area contributed by atoms with E-state index in [0.29, 0.717) is 18.4 Å². The standard InChI is InChI=1S/C16H23BrN2O4S/c1-16(2,3)23-15(20)18-7-9-19(10-8-18)24(21,22)14-6-4-5-13(11-14)12-17/h4-6,11H,7-10,12H2,1-3H3. The lowest BCUT2D eigenvalue weighted by atomic mass is 10.2. The number of halogens is 1. The molecule has 1 amide bonds. The van der Waals surface area contributed by atoms with E-state index in [2.05, 4.69) is 15.9 Å². The SMILES string of the molecule is CC(C)(C)OC(=O)N1CCN(S(=O)(=O)c2cccc(CBr)c2)CC1. The van der Waals surface area contributed by atoms with Crippen LogP contribution in [0.2, 0.25) is 0 Å². The molecular weight excluding hydrogens is 396 g/mol. The highest BCUT2D eigenvalue weighted by molar-refractivity contribution is 9.08. The van der Waals surface area contributed by atoms with Gasteiger partial charge in [-0.2, -0.15) is 4.31 Å². The van der Waals surface area contributed by atoms with Crippen LogP contribution >= 0.6 is 15.9 Å². The Kier molecular flexibility index (Phi) is 5.93. The third-order valence-electron chi connectivity index (χ3n) is 3.58. The summed E-state index contributed by atoms with van der Waals surface area (Å²) in [6.07, 6.45) is -0.402. The number of piperazine rings is 1. The first kappa shape index (κ1) is 19.2. The number of hydrogen-bond donors (Lipinski definition) is 0. The van der Waals surface area contributed by atoms with Gasteiger partial charge in [0.15, 0.2) is 0 Å². The molecule has 2 rings (SSSR count). The van der Waals surface area contributed by atoms with Crippen LogP contribution in [0, 0.1) is 0 Å². The molecule has 1 aliphatic rings. The minimum atomic E-state index is -3.55. The van der Waals surface area contributed by atoms with Gasteiger partial charge in [-0.3, -0.25) is 0 Å². The zero-order valence-electron chi connectivity index (χ0n) is 14.2. The van der Waals surface area contributed by atoms with Crippen LogP contribution in [-0.4, -0.2) is 55.5 Å². The van der Waals surface area contributed by atoms with E-state index in [0.717, 1.165) is 5.56 Å². The summed E-state index contributed by atoms with van der Waals surface area (Å²) in [5, 5.41) is 0.600. The van der Waals surface area contributed by atoms with E-state index < -0.39 is 21.7 Å². The molecule has 1 heterocycles. The smallest absolute Gasteiger partial charge is 0.410 e. The van der Waals surface area contributed by atoms with E-state index in [9.17, 15) is 13.2 Å². The normalized spacial score (nSPS) is 16.9. The van der Waals surface area contributed by atoms with E-state index in [1.54, 1.807) is 23.1 Å². The van der Waals surface area contributed by atoms with Crippen molar-refractivity contribution in [1.29, 1.82) is 0 Å². The van der Waals surface area contributed by atoms with E-state index in [1.807, 2.05) is 26.8 Å². The molecule has 24 heavy (non-hydrogen) atoms. The molecule has 0 radical (unpaired) electrons. The lowest BCUT2D eigenvalue weighted by Gasteiger charge is -2.35. The topological polar surface area (TPSA) is 66.9 Å². The Bertz CT molecular complexity index is 692. The molecule has 0 saturated carbocycles. The van der Waals surface area contributed by atoms with Crippen molar-refractivity contribution in [3.63, 3.8) is 0 Å². The summed E-state index contributed by atoms with van der Waals surface area (Å²) in [6, 6.07) is 6.88. The highest BCUT2D eigenvalue weighted by Gasteiger charge is 2.31. The maximum atomic E-state index is 12.7. The van der Waals surface area contributed by atoms with Crippen LogP contribution in [0.4, 0.5) is 4.79 Å². The number of rotatable bonds is 3. The Morgan fingerprint density at radius 1 is 1.21 bits per heavy atom. The molecule has 1 aromatic carbocycles. The number of nitrogens with zero attached hydrogens (tertiary/aromatic N) is 2. The van der Waals surface area contributed by atoms with Gasteiger partial charge in [0.1, 0.15) is 5.60 Å². The van der Waals surface area contributed by atoms with Gasteiger partial charge in [0.05, 0.1) is 4.90 Å². The maximum Gasteiger partial charge on any atom is 0.410 e. The average Bonchev–Trinajstić information content (AvgIpc) is 2.53.